The molecule has 1 aromatic rings. The molecule has 1 rings (SSSR count). The molecule has 1 aromatic carbocycles. The number of primary amides is 2. The number of phenols is 1. The van der Waals surface area contributed by atoms with Gasteiger partial charge in [-0.15, -0.1) is 0 Å². The molecule has 0 radical (unpaired) electrons. The number of nitrogens with zero attached hydrogens (tertiary/aromatic N) is 1. The van der Waals surface area contributed by atoms with E-state index in [4.69, 9.17) is 34.4 Å². The Morgan fingerprint density at radius 3 is 1.39 bits per heavy atom. The highest BCUT2D eigenvalue weighted by atomic mass is 32.2. The predicted molar refractivity (Wildman–Crippen MR) is 453 cm³/mol. The minimum atomic E-state index is -1.69. The number of amides is 8. The number of nitrogens with one attached hydrogen (secondary N) is 6. The van der Waals surface area contributed by atoms with Crippen LogP contribution in [0.2, 0.25) is 0 Å². The topological polar surface area (TPSA) is 578 Å². The fourth-order valence-corrected chi connectivity index (χ4v) is 14.7. The number of carboxylic acids is 1. The van der Waals surface area contributed by atoms with Crippen molar-refractivity contribution in [1.29, 1.82) is 0 Å². The van der Waals surface area contributed by atoms with Crippen LogP contribution in [0.5, 0.6) is 5.75 Å². The second kappa shape index (κ2) is 63.2. The number of guanidine groups is 1. The van der Waals surface area contributed by atoms with Gasteiger partial charge in [-0.25, -0.2) is 0 Å². The Balaban J connectivity index is 3.60. The number of hydrogen-bond acceptors (Lipinski definition) is 23. The Hall–Kier alpha value is -7.92. The third-order valence-electron chi connectivity index (χ3n) is 20.6. The van der Waals surface area contributed by atoms with Crippen molar-refractivity contribution in [2.24, 2.45) is 80.8 Å². The Morgan fingerprint density at radius 1 is 0.453 bits per heavy atom. The van der Waals surface area contributed by atoms with E-state index in [1.165, 1.54) is 100 Å². The van der Waals surface area contributed by atoms with E-state index in [1.807, 2.05) is 6.26 Å². The summed E-state index contributed by atoms with van der Waals surface area (Å²) < 4.78 is 0. The molecule has 0 heterocycles. The number of phenolic OH excluding ortho intramolecular Hbond substituents is 1. The van der Waals surface area contributed by atoms with Crippen LogP contribution < -0.4 is 66.3 Å². The van der Waals surface area contributed by atoms with Crippen molar-refractivity contribution in [1.82, 2.24) is 31.9 Å². The molecule has 0 unspecified atom stereocenters. The third kappa shape index (κ3) is 48.7. The molecule has 0 spiro atoms. The number of aliphatic carboxylic acids is 1. The molecular formula is C83H141N13O19S2. The van der Waals surface area contributed by atoms with Gasteiger partial charge < -0.3 is 86.7 Å². The van der Waals surface area contributed by atoms with Crippen molar-refractivity contribution in [3.8, 4) is 5.75 Å². The maximum atomic E-state index is 14.9. The fourth-order valence-electron chi connectivity index (χ4n) is 13.7. The van der Waals surface area contributed by atoms with E-state index in [0.29, 0.717) is 49.8 Å². The first-order valence-corrected chi connectivity index (χ1v) is 44.7. The Bertz CT molecular complexity index is 3250. The van der Waals surface area contributed by atoms with Crippen molar-refractivity contribution < 1.29 is 92.3 Å². The number of ketones is 6. The number of rotatable bonds is 73. The normalized spacial score (nSPS) is 14.4. The predicted octanol–water partition coefficient (Wildman–Crippen LogP) is 4.87. The van der Waals surface area contributed by atoms with Crippen molar-refractivity contribution in [2.45, 2.75) is 289 Å². The largest absolute Gasteiger partial charge is 0.508 e. The SMILES string of the molecule is CCCCCCCCCCCCCCCC(=O)C[C@@H](CCSC)C(=O)NCC(=O)C[C@@H](Cc1ccc(O)cc1)C(=O)N[C@@H](CCC(N)=O)C(=O)C[C@H](CCCCN)C(=O)N[C@@H](CCCCN)C(=O)C[C@@H](CC(C)C)C(=O)N[C@@H](CCCN=C(N)N)C(=O)C[C@@H](CO)C(=O)N[C@@H](CCSC)C(=O)C[C@H](C(=O)N[C@@H](CC(=O)O)C(N)=O)[C@@H](C)O. The highest BCUT2D eigenvalue weighted by molar-refractivity contribution is 7.98. The third-order valence-corrected chi connectivity index (χ3v) is 21.9. The Morgan fingerprint density at radius 2 is 0.897 bits per heavy atom. The summed E-state index contributed by atoms with van der Waals surface area (Å²) in [5.41, 5.74) is 34.4. The maximum Gasteiger partial charge on any atom is 0.305 e. The van der Waals surface area contributed by atoms with Crippen molar-refractivity contribution in [2.75, 3.05) is 56.8 Å². The van der Waals surface area contributed by atoms with E-state index in [9.17, 15) is 92.3 Å². The molecule has 0 aliphatic carbocycles. The van der Waals surface area contributed by atoms with Crippen LogP contribution in [-0.2, 0) is 78.3 Å². The van der Waals surface area contributed by atoms with E-state index >= 15 is 0 Å². The number of carbonyl (C=O) groups excluding carboxylic acids is 14. The van der Waals surface area contributed by atoms with Gasteiger partial charge in [-0.3, -0.25) is 76.9 Å². The van der Waals surface area contributed by atoms with Crippen LogP contribution in [0.15, 0.2) is 29.3 Å². The molecule has 117 heavy (non-hydrogen) atoms. The van der Waals surface area contributed by atoms with Gasteiger partial charge in [0.2, 0.25) is 47.3 Å². The summed E-state index contributed by atoms with van der Waals surface area (Å²) in [5.74, 6) is -18.7. The van der Waals surface area contributed by atoms with Crippen LogP contribution in [0.3, 0.4) is 0 Å². The molecule has 8 amide bonds. The van der Waals surface area contributed by atoms with Gasteiger partial charge >= 0.3 is 5.97 Å². The van der Waals surface area contributed by atoms with Gasteiger partial charge in [0.15, 0.2) is 34.9 Å². The van der Waals surface area contributed by atoms with Gasteiger partial charge in [0.1, 0.15) is 17.6 Å². The second-order valence-corrected chi connectivity index (χ2v) is 33.3. The van der Waals surface area contributed by atoms with E-state index in [0.717, 1.165) is 25.7 Å². The van der Waals surface area contributed by atoms with Gasteiger partial charge in [0.25, 0.3) is 0 Å². The molecule has 0 bridgehead atoms. The van der Waals surface area contributed by atoms with E-state index in [2.05, 4.69) is 43.8 Å². The molecule has 32 nitrogen and oxygen atoms in total. The van der Waals surface area contributed by atoms with Crippen LogP contribution in [0, 0.1) is 41.4 Å². The average Bonchev–Trinajstić information content (AvgIpc) is 0.860. The van der Waals surface area contributed by atoms with Gasteiger partial charge in [-0.2, -0.15) is 23.5 Å². The summed E-state index contributed by atoms with van der Waals surface area (Å²) in [5, 5.41) is 56.3. The molecule has 0 aliphatic rings. The molecular weight excluding hydrogens is 1550 g/mol. The van der Waals surface area contributed by atoms with Gasteiger partial charge in [-0.05, 0) is 151 Å². The number of nitrogens with two attached hydrogens (primary N) is 6. The first-order valence-electron chi connectivity index (χ1n) is 41.9. The molecule has 34 heteroatoms. The number of thioether (sulfide) groups is 2. The van der Waals surface area contributed by atoms with Gasteiger partial charge in [-0.1, -0.05) is 116 Å². The zero-order valence-electron chi connectivity index (χ0n) is 70.2. The van der Waals surface area contributed by atoms with Crippen molar-refractivity contribution in [3.63, 3.8) is 0 Å². The van der Waals surface area contributed by atoms with Crippen LogP contribution in [-0.4, -0.2) is 207 Å². The number of carboxylic acid groups (broad SMARTS) is 1. The first-order chi connectivity index (χ1) is 55.6. The molecule has 0 saturated heterocycles. The summed E-state index contributed by atoms with van der Waals surface area (Å²) in [7, 11) is 0. The van der Waals surface area contributed by atoms with E-state index < -0.39 is 212 Å². The zero-order valence-corrected chi connectivity index (χ0v) is 71.8. The average molecular weight is 1690 g/mol. The number of unbranched alkanes of at least 4 members (excludes halogenated alkanes) is 14. The first kappa shape index (κ1) is 107. The summed E-state index contributed by atoms with van der Waals surface area (Å²) in [4.78, 5) is 210. The number of aliphatic hydroxyl groups excluding tert-OH is 2. The number of hydrogen-bond donors (Lipinski definition) is 16. The number of Topliss-reactive ketones (excluding diaryl/α,β-unsaturated/α-hetero) is 6. The maximum absolute atomic E-state index is 14.9. The Kier molecular flexibility index (Phi) is 57.8. The van der Waals surface area contributed by atoms with E-state index in [1.54, 1.807) is 32.2 Å². The lowest BCUT2D eigenvalue weighted by Crippen LogP contribution is -2.51. The van der Waals surface area contributed by atoms with Gasteiger partial charge in [0.05, 0.1) is 61.7 Å². The lowest BCUT2D eigenvalue weighted by molar-refractivity contribution is -0.141. The summed E-state index contributed by atoms with van der Waals surface area (Å²) in [6.45, 7) is 5.98. The minimum absolute atomic E-state index is 0.0157. The molecule has 0 aromatic heterocycles. The van der Waals surface area contributed by atoms with E-state index in [-0.39, 0.29) is 107 Å². The highest BCUT2D eigenvalue weighted by Crippen LogP contribution is 2.26. The van der Waals surface area contributed by atoms with Crippen molar-refractivity contribution in [3.05, 3.63) is 29.8 Å². The standard InChI is InChI=1S/C83H141N13O19S2/c1-7-8-9-10-11-12-13-14-15-16-17-18-19-26-62(100)44-57(35-40-116-5)77(110)91-51-63(101)45-59(43-55-29-31-61(99)32-30-55)80(113)94-67(33-34-74(86)106)70(102)46-56(25-20-22-37-84)78(111)92-65(27-21-23-38-85)71(103)47-58(42-53(2)3)79(112)93-66(28-24-39-90-83(88)89)72(104)48-60(52-97)81(114)95-68(36-41-117-6)73(105)49-64(54(4)98)82(115)96-69(76(87)109)50-75(107)108/h29-32,53-54,56-60,64-69,97-99H,7-28,33-52,84-85H2,1-6H3,(H2,86,106)(H2,87,109)(H,91,110)(H,92,111)(H,93,112)(H,94,113)(H,95,114)(H,96,115)(H,107,108)(H4,88,89,90)/t54-,56+,57-,58-,59-,60+,64+,65+,66+,67+,68+,69+/m1/s1. The number of aliphatic imine (C=N–C) groups is 1. The molecule has 0 fully saturated rings. The van der Waals surface area contributed by atoms with Crippen molar-refractivity contribution >= 4 is 117 Å². The monoisotopic (exact) mass is 1690 g/mol. The zero-order chi connectivity index (χ0) is 87.8. The second-order valence-electron chi connectivity index (χ2n) is 31.3. The summed E-state index contributed by atoms with van der Waals surface area (Å²) >= 11 is 2.82. The lowest BCUT2D eigenvalue weighted by Gasteiger charge is -2.27. The van der Waals surface area contributed by atoms with Gasteiger partial charge in [0, 0.05) is 81.6 Å². The number of aliphatic hydroxyl groups is 2. The van der Waals surface area contributed by atoms with Crippen LogP contribution in [0.4, 0.5) is 0 Å². The number of benzene rings is 1. The molecule has 664 valence electrons. The summed E-state index contributed by atoms with van der Waals surface area (Å²) in [6, 6.07) is -1.25. The molecule has 12 atom stereocenters. The smallest absolute Gasteiger partial charge is 0.305 e. The lowest BCUT2D eigenvalue weighted by atomic mass is 9.87. The quantitative estimate of drug-likeness (QED) is 0.0235. The fraction of sp³-hybridized carbons (Fsp3) is 0.735. The van der Waals surface area contributed by atoms with Crippen LogP contribution in [0.1, 0.15) is 252 Å². The molecule has 0 saturated carbocycles. The minimum Gasteiger partial charge on any atom is -0.508 e. The Labute approximate surface area is 700 Å². The van der Waals surface area contributed by atoms with Crippen LogP contribution in [0.25, 0.3) is 0 Å². The number of aromatic hydroxyl groups is 1. The van der Waals surface area contributed by atoms with Crippen LogP contribution >= 0.6 is 23.5 Å². The highest BCUT2D eigenvalue weighted by Gasteiger charge is 2.38. The number of carbonyl (C=O) groups is 15. The molecule has 22 N–H and O–H groups in total. The molecule has 0 aliphatic heterocycles. The summed E-state index contributed by atoms with van der Waals surface area (Å²) in [6.07, 6.45) is 15.0.